The average Bonchev–Trinajstić information content (AvgIpc) is 3.37. The lowest BCUT2D eigenvalue weighted by atomic mass is 10.1. The molecule has 1 N–H and O–H groups in total. The Morgan fingerprint density at radius 2 is 1.62 bits per heavy atom. The largest absolute Gasteiger partial charge is 0.493 e. The SMILES string of the molecule is COc1cc(-c2nc(-c3ccccc3)c(-c3ccccc3)[nH]2)cc2sc(=O)oc12. The predicted octanol–water partition coefficient (Wildman–Crippen LogP) is 5.59. The maximum absolute atomic E-state index is 11.7. The molecule has 0 spiro atoms. The number of nitrogens with one attached hydrogen (secondary N) is 1. The highest BCUT2D eigenvalue weighted by atomic mass is 32.1. The topological polar surface area (TPSA) is 68.1 Å². The van der Waals surface area contributed by atoms with Crippen molar-refractivity contribution < 1.29 is 9.15 Å². The van der Waals surface area contributed by atoms with Crippen LogP contribution in [-0.2, 0) is 0 Å². The molecule has 0 aliphatic heterocycles. The molecule has 5 nitrogen and oxygen atoms in total. The quantitative estimate of drug-likeness (QED) is 0.427. The number of aromatic amines is 1. The second kappa shape index (κ2) is 7.07. The summed E-state index contributed by atoms with van der Waals surface area (Å²) in [5.74, 6) is 1.21. The Bertz CT molecular complexity index is 1290. The molecule has 3 aromatic carbocycles. The standard InChI is InChI=1S/C23H16N2O3S/c1-27-17-12-16(13-18-21(17)28-23(26)29-18)22-24-19(14-8-4-2-5-9-14)20(25-22)15-10-6-3-7-11-15/h2-13H,1H3,(H,24,25). The molecule has 0 atom stereocenters. The normalized spacial score (nSPS) is 11.1. The molecule has 2 aromatic heterocycles. The molecule has 142 valence electrons. The molecular formula is C23H16N2O3S. The van der Waals surface area contributed by atoms with Crippen LogP contribution in [0.25, 0.3) is 44.2 Å². The van der Waals surface area contributed by atoms with Crippen LogP contribution in [-0.4, -0.2) is 17.1 Å². The van der Waals surface area contributed by atoms with Gasteiger partial charge < -0.3 is 14.1 Å². The van der Waals surface area contributed by atoms with E-state index in [1.165, 1.54) is 0 Å². The Kier molecular flexibility index (Phi) is 4.26. The van der Waals surface area contributed by atoms with Crippen molar-refractivity contribution in [2.75, 3.05) is 7.11 Å². The van der Waals surface area contributed by atoms with Crippen molar-refractivity contribution in [1.82, 2.24) is 9.97 Å². The first-order valence-electron chi connectivity index (χ1n) is 9.06. The third-order valence-electron chi connectivity index (χ3n) is 4.71. The van der Waals surface area contributed by atoms with Gasteiger partial charge in [0.25, 0.3) is 0 Å². The van der Waals surface area contributed by atoms with E-state index in [1.807, 2.05) is 60.7 Å². The van der Waals surface area contributed by atoms with Crippen LogP contribution in [0.15, 0.2) is 82.0 Å². The predicted molar refractivity (Wildman–Crippen MR) is 115 cm³/mol. The maximum atomic E-state index is 11.7. The third kappa shape index (κ3) is 3.13. The fourth-order valence-corrected chi connectivity index (χ4v) is 4.09. The van der Waals surface area contributed by atoms with E-state index >= 15 is 0 Å². The van der Waals surface area contributed by atoms with Crippen molar-refractivity contribution in [2.24, 2.45) is 0 Å². The second-order valence-electron chi connectivity index (χ2n) is 6.50. The van der Waals surface area contributed by atoms with Gasteiger partial charge in [0.2, 0.25) is 0 Å². The molecule has 6 heteroatoms. The summed E-state index contributed by atoms with van der Waals surface area (Å²) in [5, 5.41) is 0. The van der Waals surface area contributed by atoms with Crippen LogP contribution >= 0.6 is 11.3 Å². The number of fused-ring (bicyclic) bond motifs is 1. The highest BCUT2D eigenvalue weighted by molar-refractivity contribution is 7.16. The van der Waals surface area contributed by atoms with Crippen molar-refractivity contribution in [3.05, 3.63) is 82.5 Å². The van der Waals surface area contributed by atoms with Crippen LogP contribution in [0.2, 0.25) is 0 Å². The van der Waals surface area contributed by atoms with E-state index < -0.39 is 0 Å². The van der Waals surface area contributed by atoms with E-state index in [4.69, 9.17) is 14.1 Å². The molecular weight excluding hydrogens is 384 g/mol. The number of methoxy groups -OCH3 is 1. The molecule has 0 aliphatic rings. The second-order valence-corrected chi connectivity index (χ2v) is 7.48. The summed E-state index contributed by atoms with van der Waals surface area (Å²) in [5.41, 5.74) is 5.16. The number of imidazole rings is 1. The van der Waals surface area contributed by atoms with E-state index in [1.54, 1.807) is 7.11 Å². The van der Waals surface area contributed by atoms with Crippen molar-refractivity contribution >= 4 is 21.6 Å². The smallest absolute Gasteiger partial charge is 0.396 e. The van der Waals surface area contributed by atoms with Gasteiger partial charge in [0, 0.05) is 16.7 Å². The minimum atomic E-state index is -0.357. The number of aromatic nitrogens is 2. The monoisotopic (exact) mass is 400 g/mol. The summed E-state index contributed by atoms with van der Waals surface area (Å²) in [6.07, 6.45) is 0. The van der Waals surface area contributed by atoms with Crippen LogP contribution in [0.4, 0.5) is 0 Å². The van der Waals surface area contributed by atoms with Crippen molar-refractivity contribution in [3.8, 4) is 39.7 Å². The van der Waals surface area contributed by atoms with Gasteiger partial charge in [-0.25, -0.2) is 9.78 Å². The Morgan fingerprint density at radius 3 is 2.31 bits per heavy atom. The molecule has 0 fully saturated rings. The van der Waals surface area contributed by atoms with Crippen LogP contribution in [0, 0.1) is 0 Å². The van der Waals surface area contributed by atoms with E-state index in [-0.39, 0.29) is 4.94 Å². The fraction of sp³-hybridized carbons (Fsp3) is 0.0435. The van der Waals surface area contributed by atoms with E-state index in [0.29, 0.717) is 17.2 Å². The number of hydrogen-bond donors (Lipinski definition) is 1. The Balaban J connectivity index is 1.74. The van der Waals surface area contributed by atoms with E-state index in [9.17, 15) is 4.79 Å². The number of H-pyrrole nitrogens is 1. The lowest BCUT2D eigenvalue weighted by molar-refractivity contribution is 0.409. The Hall–Kier alpha value is -3.64. The van der Waals surface area contributed by atoms with Crippen LogP contribution in [0.1, 0.15) is 0 Å². The molecule has 0 bridgehead atoms. The highest BCUT2D eigenvalue weighted by Crippen LogP contribution is 2.36. The van der Waals surface area contributed by atoms with Gasteiger partial charge in [-0.2, -0.15) is 0 Å². The molecule has 5 aromatic rings. The zero-order chi connectivity index (χ0) is 19.8. The summed E-state index contributed by atoms with van der Waals surface area (Å²) in [7, 11) is 1.56. The molecule has 0 unspecified atom stereocenters. The molecule has 0 amide bonds. The molecule has 0 saturated heterocycles. The molecule has 0 aliphatic carbocycles. The van der Waals surface area contributed by atoms with Crippen molar-refractivity contribution in [3.63, 3.8) is 0 Å². The van der Waals surface area contributed by atoms with Gasteiger partial charge >= 0.3 is 4.94 Å². The van der Waals surface area contributed by atoms with E-state index in [0.717, 1.165) is 44.1 Å². The first-order valence-corrected chi connectivity index (χ1v) is 9.87. The van der Waals surface area contributed by atoms with Crippen molar-refractivity contribution in [1.29, 1.82) is 0 Å². The third-order valence-corrected chi connectivity index (χ3v) is 5.48. The zero-order valence-electron chi connectivity index (χ0n) is 15.5. The Morgan fingerprint density at radius 1 is 0.931 bits per heavy atom. The van der Waals surface area contributed by atoms with Gasteiger partial charge in [-0.05, 0) is 12.1 Å². The number of ether oxygens (including phenoxy) is 1. The molecule has 2 heterocycles. The van der Waals surface area contributed by atoms with Crippen LogP contribution < -0.4 is 9.68 Å². The summed E-state index contributed by atoms with van der Waals surface area (Å²) in [6.45, 7) is 0. The number of benzene rings is 3. The first kappa shape index (κ1) is 17.5. The van der Waals surface area contributed by atoms with Crippen LogP contribution in [0.3, 0.4) is 0 Å². The molecule has 29 heavy (non-hydrogen) atoms. The van der Waals surface area contributed by atoms with Gasteiger partial charge in [0.05, 0.1) is 23.2 Å². The van der Waals surface area contributed by atoms with Gasteiger partial charge in [-0.15, -0.1) is 0 Å². The maximum Gasteiger partial charge on any atom is 0.396 e. The number of hydrogen-bond acceptors (Lipinski definition) is 5. The summed E-state index contributed by atoms with van der Waals surface area (Å²) >= 11 is 1.05. The van der Waals surface area contributed by atoms with Gasteiger partial charge in [0.15, 0.2) is 11.3 Å². The van der Waals surface area contributed by atoms with Crippen molar-refractivity contribution in [2.45, 2.75) is 0 Å². The Labute approximate surface area is 170 Å². The van der Waals surface area contributed by atoms with Gasteiger partial charge in [-0.3, -0.25) is 0 Å². The lowest BCUT2D eigenvalue weighted by Gasteiger charge is -2.03. The summed E-state index contributed by atoms with van der Waals surface area (Å²) in [4.78, 5) is 19.7. The number of nitrogens with zero attached hydrogens (tertiary/aromatic N) is 1. The first-order chi connectivity index (χ1) is 14.2. The van der Waals surface area contributed by atoms with Gasteiger partial charge in [-0.1, -0.05) is 72.0 Å². The number of rotatable bonds is 4. The van der Waals surface area contributed by atoms with E-state index in [2.05, 4.69) is 17.1 Å². The minimum absolute atomic E-state index is 0.357. The fourth-order valence-electron chi connectivity index (χ4n) is 3.36. The summed E-state index contributed by atoms with van der Waals surface area (Å²) in [6, 6.07) is 23.9. The molecule has 0 radical (unpaired) electrons. The average molecular weight is 400 g/mol. The molecule has 5 rings (SSSR count). The highest BCUT2D eigenvalue weighted by Gasteiger charge is 2.18. The zero-order valence-corrected chi connectivity index (χ0v) is 16.3. The van der Waals surface area contributed by atoms with Crippen LogP contribution in [0.5, 0.6) is 5.75 Å². The molecule has 0 saturated carbocycles. The summed E-state index contributed by atoms with van der Waals surface area (Å²) < 4.78 is 11.4. The minimum Gasteiger partial charge on any atom is -0.493 e. The lowest BCUT2D eigenvalue weighted by Crippen LogP contribution is -1.87. The van der Waals surface area contributed by atoms with Gasteiger partial charge in [0.1, 0.15) is 5.82 Å².